The van der Waals surface area contributed by atoms with Gasteiger partial charge >= 0.3 is 0 Å². The van der Waals surface area contributed by atoms with E-state index in [9.17, 15) is 9.90 Å². The molecular weight excluding hydrogens is 228 g/mol. The highest BCUT2D eigenvalue weighted by Gasteiger charge is 2.29. The number of aliphatic hydroxyl groups excluding tert-OH is 1. The lowest BCUT2D eigenvalue weighted by molar-refractivity contribution is -0.127. The summed E-state index contributed by atoms with van der Waals surface area (Å²) in [6, 6.07) is 0. The van der Waals surface area contributed by atoms with Gasteiger partial charge in [-0.2, -0.15) is 0 Å². The third-order valence-corrected chi connectivity index (χ3v) is 3.75. The predicted molar refractivity (Wildman–Crippen MR) is 72.5 cm³/mol. The van der Waals surface area contributed by atoms with Gasteiger partial charge in [0.2, 0.25) is 0 Å². The number of hydrogen-bond acceptors (Lipinski definition) is 3. The summed E-state index contributed by atoms with van der Waals surface area (Å²) in [6.07, 6.45) is 5.31. The molecule has 1 rings (SSSR count). The molecule has 1 saturated carbocycles. The SMILES string of the molecule is CCCC1CCC(=O)C(CC(O)COC(C)C)C1. The van der Waals surface area contributed by atoms with E-state index >= 15 is 0 Å². The molecule has 0 spiro atoms. The van der Waals surface area contributed by atoms with Gasteiger partial charge < -0.3 is 9.84 Å². The van der Waals surface area contributed by atoms with Crippen LogP contribution < -0.4 is 0 Å². The second-order valence-corrected chi connectivity index (χ2v) is 5.86. The highest BCUT2D eigenvalue weighted by Crippen LogP contribution is 2.32. The van der Waals surface area contributed by atoms with Gasteiger partial charge in [0, 0.05) is 12.3 Å². The van der Waals surface area contributed by atoms with Crippen molar-refractivity contribution in [2.75, 3.05) is 6.61 Å². The quantitative estimate of drug-likeness (QED) is 0.761. The third kappa shape index (κ3) is 5.49. The molecule has 0 radical (unpaired) electrons. The normalized spacial score (nSPS) is 26.6. The van der Waals surface area contributed by atoms with Gasteiger partial charge in [0.25, 0.3) is 0 Å². The van der Waals surface area contributed by atoms with Crippen molar-refractivity contribution >= 4 is 5.78 Å². The summed E-state index contributed by atoms with van der Waals surface area (Å²) in [7, 11) is 0. The Bertz CT molecular complexity index is 250. The lowest BCUT2D eigenvalue weighted by atomic mass is 9.76. The summed E-state index contributed by atoms with van der Waals surface area (Å²) < 4.78 is 5.39. The average Bonchev–Trinajstić information content (AvgIpc) is 2.31. The number of carbonyl (C=O) groups is 1. The summed E-state index contributed by atoms with van der Waals surface area (Å²) in [5.41, 5.74) is 0. The fraction of sp³-hybridized carbons (Fsp3) is 0.933. The van der Waals surface area contributed by atoms with E-state index in [1.165, 1.54) is 12.8 Å². The largest absolute Gasteiger partial charge is 0.391 e. The predicted octanol–water partition coefficient (Wildman–Crippen LogP) is 2.95. The number of aliphatic hydroxyl groups is 1. The molecule has 18 heavy (non-hydrogen) atoms. The summed E-state index contributed by atoms with van der Waals surface area (Å²) in [5.74, 6) is 1.07. The van der Waals surface area contributed by atoms with E-state index < -0.39 is 6.10 Å². The second kappa shape index (κ2) is 7.90. The van der Waals surface area contributed by atoms with Crippen LogP contribution in [0.2, 0.25) is 0 Å². The molecule has 1 N–H and O–H groups in total. The molecule has 0 amide bonds. The maximum Gasteiger partial charge on any atom is 0.136 e. The molecule has 106 valence electrons. The molecule has 1 aliphatic carbocycles. The second-order valence-electron chi connectivity index (χ2n) is 5.86. The van der Waals surface area contributed by atoms with Gasteiger partial charge in [-0.3, -0.25) is 4.79 Å². The van der Waals surface area contributed by atoms with Crippen LogP contribution in [0, 0.1) is 11.8 Å². The first-order valence-corrected chi connectivity index (χ1v) is 7.35. The van der Waals surface area contributed by atoms with Gasteiger partial charge in [0.05, 0.1) is 18.8 Å². The number of rotatable bonds is 7. The molecule has 0 heterocycles. The summed E-state index contributed by atoms with van der Waals surface area (Å²) in [5, 5.41) is 9.91. The summed E-state index contributed by atoms with van der Waals surface area (Å²) in [6.45, 7) is 6.45. The highest BCUT2D eigenvalue weighted by molar-refractivity contribution is 5.81. The molecule has 1 fully saturated rings. The number of Topliss-reactive ketones (excluding diaryl/α,β-unsaturated/α-hetero) is 1. The fourth-order valence-corrected chi connectivity index (χ4v) is 2.80. The van der Waals surface area contributed by atoms with Crippen molar-refractivity contribution in [1.29, 1.82) is 0 Å². The van der Waals surface area contributed by atoms with Crippen LogP contribution >= 0.6 is 0 Å². The van der Waals surface area contributed by atoms with Crippen LogP contribution in [0.15, 0.2) is 0 Å². The maximum atomic E-state index is 11.9. The number of hydrogen-bond donors (Lipinski definition) is 1. The zero-order chi connectivity index (χ0) is 13.5. The average molecular weight is 256 g/mol. The Balaban J connectivity index is 2.35. The molecular formula is C15H28O3. The Hall–Kier alpha value is -0.410. The van der Waals surface area contributed by atoms with Crippen LogP contribution in [0.3, 0.4) is 0 Å². The standard InChI is InChI=1S/C15H28O3/c1-4-5-12-6-7-15(17)13(8-12)9-14(16)10-18-11(2)3/h11-14,16H,4-10H2,1-3H3. The van der Waals surface area contributed by atoms with E-state index in [1.807, 2.05) is 13.8 Å². The van der Waals surface area contributed by atoms with Crippen LogP contribution in [0.5, 0.6) is 0 Å². The van der Waals surface area contributed by atoms with Crippen molar-refractivity contribution in [2.24, 2.45) is 11.8 Å². The molecule has 0 aliphatic heterocycles. The van der Waals surface area contributed by atoms with Crippen LogP contribution in [0.1, 0.15) is 59.3 Å². The van der Waals surface area contributed by atoms with E-state index in [-0.39, 0.29) is 12.0 Å². The zero-order valence-electron chi connectivity index (χ0n) is 12.0. The van der Waals surface area contributed by atoms with E-state index in [0.29, 0.717) is 31.1 Å². The fourth-order valence-electron chi connectivity index (χ4n) is 2.80. The monoisotopic (exact) mass is 256 g/mol. The van der Waals surface area contributed by atoms with Gasteiger partial charge in [0.1, 0.15) is 5.78 Å². The van der Waals surface area contributed by atoms with E-state index in [0.717, 1.165) is 12.8 Å². The van der Waals surface area contributed by atoms with Crippen molar-refractivity contribution in [2.45, 2.75) is 71.5 Å². The van der Waals surface area contributed by atoms with Crippen LogP contribution in [0.25, 0.3) is 0 Å². The molecule has 3 unspecified atom stereocenters. The smallest absolute Gasteiger partial charge is 0.136 e. The third-order valence-electron chi connectivity index (χ3n) is 3.75. The minimum Gasteiger partial charge on any atom is -0.391 e. The minimum absolute atomic E-state index is 0.0565. The Morgan fingerprint density at radius 3 is 2.78 bits per heavy atom. The lowest BCUT2D eigenvalue weighted by Gasteiger charge is -2.29. The Kier molecular flexibility index (Phi) is 6.87. The topological polar surface area (TPSA) is 46.5 Å². The number of ether oxygens (including phenoxy) is 1. The van der Waals surface area contributed by atoms with Crippen molar-refractivity contribution in [1.82, 2.24) is 0 Å². The molecule has 0 aromatic rings. The van der Waals surface area contributed by atoms with Crippen LogP contribution in [-0.4, -0.2) is 29.7 Å². The number of ketones is 1. The Labute approximate surface area is 111 Å². The first kappa shape index (κ1) is 15.6. The van der Waals surface area contributed by atoms with Gasteiger partial charge in [-0.15, -0.1) is 0 Å². The maximum absolute atomic E-state index is 11.9. The van der Waals surface area contributed by atoms with Crippen molar-refractivity contribution in [3.05, 3.63) is 0 Å². The van der Waals surface area contributed by atoms with Crippen molar-refractivity contribution in [3.63, 3.8) is 0 Å². The van der Waals surface area contributed by atoms with E-state index in [2.05, 4.69) is 6.92 Å². The van der Waals surface area contributed by atoms with Crippen molar-refractivity contribution < 1.29 is 14.6 Å². The molecule has 3 nitrogen and oxygen atoms in total. The molecule has 0 aromatic heterocycles. The summed E-state index contributed by atoms with van der Waals surface area (Å²) in [4.78, 5) is 11.9. The first-order chi connectivity index (χ1) is 8.52. The highest BCUT2D eigenvalue weighted by atomic mass is 16.5. The Morgan fingerprint density at radius 1 is 1.44 bits per heavy atom. The van der Waals surface area contributed by atoms with Gasteiger partial charge in [-0.25, -0.2) is 0 Å². The van der Waals surface area contributed by atoms with Gasteiger partial charge in [0.15, 0.2) is 0 Å². The Morgan fingerprint density at radius 2 is 2.17 bits per heavy atom. The molecule has 0 bridgehead atoms. The van der Waals surface area contributed by atoms with E-state index in [4.69, 9.17) is 4.74 Å². The van der Waals surface area contributed by atoms with Crippen molar-refractivity contribution in [3.8, 4) is 0 Å². The molecule has 0 saturated heterocycles. The molecule has 0 aromatic carbocycles. The number of carbonyl (C=O) groups excluding carboxylic acids is 1. The van der Waals surface area contributed by atoms with E-state index in [1.54, 1.807) is 0 Å². The molecule has 3 heteroatoms. The summed E-state index contributed by atoms with van der Waals surface area (Å²) >= 11 is 0. The lowest BCUT2D eigenvalue weighted by Crippen LogP contribution is -2.30. The zero-order valence-corrected chi connectivity index (χ0v) is 12.0. The molecule has 1 aliphatic rings. The van der Waals surface area contributed by atoms with Crippen LogP contribution in [-0.2, 0) is 9.53 Å². The first-order valence-electron chi connectivity index (χ1n) is 7.35. The van der Waals surface area contributed by atoms with Crippen LogP contribution in [0.4, 0.5) is 0 Å². The molecule has 3 atom stereocenters. The van der Waals surface area contributed by atoms with Gasteiger partial charge in [-0.1, -0.05) is 19.8 Å². The minimum atomic E-state index is -0.498. The van der Waals surface area contributed by atoms with Gasteiger partial charge in [-0.05, 0) is 39.0 Å².